The maximum Gasteiger partial charge on any atom is 0.244 e. The summed E-state index contributed by atoms with van der Waals surface area (Å²) in [6, 6.07) is 8.17. The van der Waals surface area contributed by atoms with Crippen molar-refractivity contribution >= 4 is 0 Å². The smallest absolute Gasteiger partial charge is 0.244 e. The topological polar surface area (TPSA) is 71.2 Å². The fourth-order valence-electron chi connectivity index (χ4n) is 2.42. The van der Waals surface area contributed by atoms with Gasteiger partial charge in [0.1, 0.15) is 0 Å². The molecule has 0 bridgehead atoms. The summed E-state index contributed by atoms with van der Waals surface area (Å²) >= 11 is 0. The first-order chi connectivity index (χ1) is 9.63. The molecule has 5 nitrogen and oxygen atoms in total. The van der Waals surface area contributed by atoms with Crippen molar-refractivity contribution in [2.24, 2.45) is 0 Å². The molecule has 1 aromatic carbocycles. The molecule has 20 heavy (non-hydrogen) atoms. The fourth-order valence-corrected chi connectivity index (χ4v) is 2.42. The fraction of sp³-hybridized carbons (Fsp3) is 0.467. The average Bonchev–Trinajstić information content (AvgIpc) is 3.07. The van der Waals surface area contributed by atoms with Crippen LogP contribution in [0.25, 0.3) is 11.4 Å². The van der Waals surface area contributed by atoms with E-state index in [9.17, 15) is 5.11 Å². The van der Waals surface area contributed by atoms with Crippen LogP contribution in [-0.2, 0) is 0 Å². The molecular weight excluding hydrogens is 254 g/mol. The first kappa shape index (κ1) is 13.3. The van der Waals surface area contributed by atoms with E-state index in [1.165, 1.54) is 5.56 Å². The normalized spacial score (nSPS) is 22.6. The molecule has 0 spiro atoms. The predicted molar refractivity (Wildman–Crippen MR) is 75.2 cm³/mol. The molecule has 1 saturated heterocycles. The van der Waals surface area contributed by atoms with Crippen molar-refractivity contribution in [2.45, 2.75) is 38.3 Å². The van der Waals surface area contributed by atoms with Gasteiger partial charge in [-0.25, -0.2) is 0 Å². The second kappa shape index (κ2) is 5.34. The average molecular weight is 273 g/mol. The highest BCUT2D eigenvalue weighted by Crippen LogP contribution is 2.25. The summed E-state index contributed by atoms with van der Waals surface area (Å²) in [7, 11) is 0. The molecule has 5 heteroatoms. The van der Waals surface area contributed by atoms with E-state index in [-0.39, 0.29) is 12.1 Å². The Kier molecular flexibility index (Phi) is 3.54. The van der Waals surface area contributed by atoms with Gasteiger partial charge >= 0.3 is 0 Å². The van der Waals surface area contributed by atoms with E-state index >= 15 is 0 Å². The third-order valence-electron chi connectivity index (χ3n) is 3.68. The minimum Gasteiger partial charge on any atom is -0.392 e. The molecule has 0 amide bonds. The van der Waals surface area contributed by atoms with Crippen LogP contribution in [0.5, 0.6) is 0 Å². The monoisotopic (exact) mass is 273 g/mol. The molecule has 106 valence electrons. The van der Waals surface area contributed by atoms with Gasteiger partial charge in [-0.15, -0.1) is 0 Å². The molecule has 0 radical (unpaired) electrons. The van der Waals surface area contributed by atoms with Crippen molar-refractivity contribution < 1.29 is 9.63 Å². The Bertz CT molecular complexity index is 577. The maximum absolute atomic E-state index is 9.51. The SMILES string of the molecule is CC(C)c1ccc(-c2noc([C@H]3C[C@H](O)CN3)n2)cc1. The summed E-state index contributed by atoms with van der Waals surface area (Å²) in [4.78, 5) is 4.42. The summed E-state index contributed by atoms with van der Waals surface area (Å²) < 4.78 is 5.29. The van der Waals surface area contributed by atoms with Gasteiger partial charge in [-0.2, -0.15) is 4.98 Å². The standard InChI is InChI=1S/C15H19N3O2/c1-9(2)10-3-5-11(6-4-10)14-17-15(20-18-14)13-7-12(19)8-16-13/h3-6,9,12-13,16,19H,7-8H2,1-2H3/t12-,13+/m0/s1. The highest BCUT2D eigenvalue weighted by Gasteiger charge is 2.28. The zero-order valence-corrected chi connectivity index (χ0v) is 11.7. The van der Waals surface area contributed by atoms with Gasteiger partial charge < -0.3 is 14.9 Å². The molecule has 1 fully saturated rings. The molecule has 2 aromatic rings. The number of hydrogen-bond acceptors (Lipinski definition) is 5. The van der Waals surface area contributed by atoms with E-state index in [1.54, 1.807) is 0 Å². The van der Waals surface area contributed by atoms with Crippen LogP contribution in [-0.4, -0.2) is 27.9 Å². The van der Waals surface area contributed by atoms with Crippen molar-refractivity contribution in [3.63, 3.8) is 0 Å². The number of nitrogens with zero attached hydrogens (tertiary/aromatic N) is 2. The first-order valence-corrected chi connectivity index (χ1v) is 6.99. The Morgan fingerprint density at radius 3 is 2.65 bits per heavy atom. The lowest BCUT2D eigenvalue weighted by Gasteiger charge is -2.04. The van der Waals surface area contributed by atoms with Crippen LogP contribution in [0.1, 0.15) is 43.7 Å². The molecule has 2 N–H and O–H groups in total. The summed E-state index contributed by atoms with van der Waals surface area (Å²) in [5.74, 6) is 1.65. The number of benzene rings is 1. The quantitative estimate of drug-likeness (QED) is 0.897. The second-order valence-electron chi connectivity index (χ2n) is 5.58. The van der Waals surface area contributed by atoms with E-state index in [1.807, 2.05) is 12.1 Å². The van der Waals surface area contributed by atoms with Crippen molar-refractivity contribution in [1.29, 1.82) is 0 Å². The Hall–Kier alpha value is -1.72. The first-order valence-electron chi connectivity index (χ1n) is 6.99. The molecular formula is C15H19N3O2. The number of rotatable bonds is 3. The number of aliphatic hydroxyl groups excluding tert-OH is 1. The number of nitrogens with one attached hydrogen (secondary N) is 1. The van der Waals surface area contributed by atoms with Crippen molar-refractivity contribution in [2.75, 3.05) is 6.54 Å². The maximum atomic E-state index is 9.51. The number of aromatic nitrogens is 2. The molecule has 2 heterocycles. The van der Waals surface area contributed by atoms with Crippen LogP contribution in [0.4, 0.5) is 0 Å². The van der Waals surface area contributed by atoms with Gasteiger partial charge in [0.05, 0.1) is 12.1 Å². The van der Waals surface area contributed by atoms with Crippen LogP contribution in [0.3, 0.4) is 0 Å². The zero-order chi connectivity index (χ0) is 14.1. The Balaban J connectivity index is 1.79. The van der Waals surface area contributed by atoms with Crippen LogP contribution in [0.15, 0.2) is 28.8 Å². The van der Waals surface area contributed by atoms with E-state index in [4.69, 9.17) is 4.52 Å². The van der Waals surface area contributed by atoms with E-state index < -0.39 is 0 Å². The molecule has 0 unspecified atom stereocenters. The van der Waals surface area contributed by atoms with Crippen LogP contribution >= 0.6 is 0 Å². The molecule has 0 aliphatic carbocycles. The lowest BCUT2D eigenvalue weighted by molar-refractivity contribution is 0.191. The highest BCUT2D eigenvalue weighted by atomic mass is 16.5. The molecule has 1 aliphatic heterocycles. The minimum absolute atomic E-state index is 0.0406. The lowest BCUT2D eigenvalue weighted by atomic mass is 10.0. The van der Waals surface area contributed by atoms with E-state index in [0.29, 0.717) is 30.6 Å². The van der Waals surface area contributed by atoms with Crippen LogP contribution < -0.4 is 5.32 Å². The summed E-state index contributed by atoms with van der Waals surface area (Å²) in [5, 5.41) is 16.7. The van der Waals surface area contributed by atoms with Gasteiger partial charge in [-0.05, 0) is 17.9 Å². The molecule has 1 aromatic heterocycles. The second-order valence-corrected chi connectivity index (χ2v) is 5.58. The summed E-state index contributed by atoms with van der Waals surface area (Å²) in [6.07, 6.45) is 0.286. The lowest BCUT2D eigenvalue weighted by Crippen LogP contribution is -2.15. The van der Waals surface area contributed by atoms with Crippen LogP contribution in [0, 0.1) is 0 Å². The third-order valence-corrected chi connectivity index (χ3v) is 3.68. The number of aliphatic hydroxyl groups is 1. The highest BCUT2D eigenvalue weighted by molar-refractivity contribution is 5.54. The largest absolute Gasteiger partial charge is 0.392 e. The zero-order valence-electron chi connectivity index (χ0n) is 11.7. The molecule has 2 atom stereocenters. The van der Waals surface area contributed by atoms with Crippen molar-refractivity contribution in [3.8, 4) is 11.4 Å². The van der Waals surface area contributed by atoms with Gasteiger partial charge in [0.2, 0.25) is 11.7 Å². The summed E-state index contributed by atoms with van der Waals surface area (Å²) in [5.41, 5.74) is 2.24. The Labute approximate surface area is 118 Å². The molecule has 0 saturated carbocycles. The van der Waals surface area contributed by atoms with Gasteiger partial charge in [-0.3, -0.25) is 0 Å². The van der Waals surface area contributed by atoms with E-state index in [2.05, 4.69) is 41.4 Å². The summed E-state index contributed by atoms with van der Waals surface area (Å²) in [6.45, 7) is 4.91. The predicted octanol–water partition coefficient (Wildman–Crippen LogP) is 2.26. The van der Waals surface area contributed by atoms with Crippen LogP contribution in [0.2, 0.25) is 0 Å². The van der Waals surface area contributed by atoms with Crippen molar-refractivity contribution in [3.05, 3.63) is 35.7 Å². The minimum atomic E-state index is -0.333. The Morgan fingerprint density at radius 2 is 2.05 bits per heavy atom. The van der Waals surface area contributed by atoms with Crippen molar-refractivity contribution in [1.82, 2.24) is 15.5 Å². The number of hydrogen-bond donors (Lipinski definition) is 2. The van der Waals surface area contributed by atoms with Gasteiger partial charge in [0.15, 0.2) is 0 Å². The van der Waals surface area contributed by atoms with Gasteiger partial charge in [0.25, 0.3) is 0 Å². The van der Waals surface area contributed by atoms with E-state index in [0.717, 1.165) is 5.56 Å². The molecule has 1 aliphatic rings. The molecule has 3 rings (SSSR count). The Morgan fingerprint density at radius 1 is 1.30 bits per heavy atom. The number of β-amino-alcohol motifs (C(OH)–C–C–N with tert-alkyl or cyclic N) is 1. The van der Waals surface area contributed by atoms with Gasteiger partial charge in [-0.1, -0.05) is 43.3 Å². The third kappa shape index (κ3) is 2.59. The van der Waals surface area contributed by atoms with Gasteiger partial charge in [0, 0.05) is 12.1 Å².